The zero-order chi connectivity index (χ0) is 18.7. The lowest BCUT2D eigenvalue weighted by Crippen LogP contribution is -2.36. The van der Waals surface area contributed by atoms with Crippen LogP contribution in [0.1, 0.15) is 42.9 Å². The van der Waals surface area contributed by atoms with E-state index in [1.54, 1.807) is 11.8 Å². The Kier molecular flexibility index (Phi) is 5.94. The number of hydrogen-bond acceptors (Lipinski definition) is 5. The summed E-state index contributed by atoms with van der Waals surface area (Å²) in [4.78, 5) is 44.3. The number of aryl methyl sites for hydroxylation is 1. The highest BCUT2D eigenvalue weighted by atomic mass is 32.1. The Balaban J connectivity index is 2.43. The normalized spacial score (nSPS) is 11.1. The van der Waals surface area contributed by atoms with Gasteiger partial charge in [0, 0.05) is 19.1 Å². The highest BCUT2D eigenvalue weighted by molar-refractivity contribution is 7.20. The number of nitrogens with zero attached hydrogens (tertiary/aromatic N) is 3. The molecule has 0 radical (unpaired) electrons. The van der Waals surface area contributed by atoms with Gasteiger partial charge in [0.2, 0.25) is 5.91 Å². The molecule has 0 atom stereocenters. The molecule has 136 valence electrons. The van der Waals surface area contributed by atoms with E-state index < -0.39 is 0 Å². The zero-order valence-corrected chi connectivity index (χ0v) is 16.1. The molecule has 0 saturated carbocycles. The number of rotatable bonds is 6. The number of nitrogens with one attached hydrogen (secondary N) is 1. The second-order valence-electron chi connectivity index (χ2n) is 6.11. The summed E-state index contributed by atoms with van der Waals surface area (Å²) in [5.41, 5.74) is 0.322. The van der Waals surface area contributed by atoms with Gasteiger partial charge in [0.15, 0.2) is 0 Å². The lowest BCUT2D eigenvalue weighted by Gasteiger charge is -2.18. The molecule has 0 unspecified atom stereocenters. The van der Waals surface area contributed by atoms with Gasteiger partial charge in [0.05, 0.1) is 16.6 Å². The van der Waals surface area contributed by atoms with Crippen molar-refractivity contribution in [1.82, 2.24) is 19.8 Å². The smallest absolute Gasteiger partial charge is 0.262 e. The summed E-state index contributed by atoms with van der Waals surface area (Å²) >= 11 is 1.20. The predicted molar refractivity (Wildman–Crippen MR) is 99.1 cm³/mol. The largest absolute Gasteiger partial charge is 0.349 e. The monoisotopic (exact) mass is 364 g/mol. The molecule has 2 heterocycles. The van der Waals surface area contributed by atoms with E-state index in [0.29, 0.717) is 33.7 Å². The maximum absolute atomic E-state index is 12.8. The molecule has 2 aromatic rings. The highest BCUT2D eigenvalue weighted by Crippen LogP contribution is 2.26. The molecule has 8 heteroatoms. The minimum atomic E-state index is -0.289. The summed E-state index contributed by atoms with van der Waals surface area (Å²) in [6.45, 7) is 10.4. The lowest BCUT2D eigenvalue weighted by atomic mass is 10.2. The molecule has 0 saturated heterocycles. The molecule has 7 nitrogen and oxygen atoms in total. The van der Waals surface area contributed by atoms with Crippen molar-refractivity contribution in [2.75, 3.05) is 13.1 Å². The molecule has 2 rings (SSSR count). The molecule has 0 aliphatic rings. The molecule has 0 aromatic carbocycles. The number of amides is 2. The first-order chi connectivity index (χ1) is 11.8. The van der Waals surface area contributed by atoms with Crippen molar-refractivity contribution in [3.63, 3.8) is 0 Å². The van der Waals surface area contributed by atoms with Crippen LogP contribution in [0.25, 0.3) is 10.2 Å². The maximum atomic E-state index is 12.8. The summed E-state index contributed by atoms with van der Waals surface area (Å²) in [6.07, 6.45) is 1.38. The molecule has 2 aromatic heterocycles. The second-order valence-corrected chi connectivity index (χ2v) is 7.11. The first-order valence-electron chi connectivity index (χ1n) is 8.37. The standard InChI is InChI=1S/C17H24N4O3S/c1-6-20(7-2)12(22)8-21-9-18-16-13(17(21)24)11(5)14(25-16)15(23)19-10(3)4/h9-10H,6-8H2,1-5H3,(H,19,23). The van der Waals surface area contributed by atoms with Gasteiger partial charge in [-0.2, -0.15) is 0 Å². The minimum absolute atomic E-state index is 0.00780. The van der Waals surface area contributed by atoms with Gasteiger partial charge >= 0.3 is 0 Å². The fourth-order valence-corrected chi connectivity index (χ4v) is 3.68. The Morgan fingerprint density at radius 3 is 2.52 bits per heavy atom. The van der Waals surface area contributed by atoms with E-state index in [2.05, 4.69) is 10.3 Å². The van der Waals surface area contributed by atoms with E-state index in [9.17, 15) is 14.4 Å². The third kappa shape index (κ3) is 3.89. The molecular weight excluding hydrogens is 340 g/mol. The van der Waals surface area contributed by atoms with Crippen LogP contribution in [-0.4, -0.2) is 45.4 Å². The van der Waals surface area contributed by atoms with E-state index in [1.807, 2.05) is 27.7 Å². The van der Waals surface area contributed by atoms with Crippen molar-refractivity contribution < 1.29 is 9.59 Å². The van der Waals surface area contributed by atoms with E-state index >= 15 is 0 Å². The number of carbonyl (C=O) groups is 2. The van der Waals surface area contributed by atoms with Crippen LogP contribution < -0.4 is 10.9 Å². The molecule has 0 fully saturated rings. The molecule has 25 heavy (non-hydrogen) atoms. The van der Waals surface area contributed by atoms with Crippen LogP contribution in [-0.2, 0) is 11.3 Å². The van der Waals surface area contributed by atoms with Crippen LogP contribution in [0.2, 0.25) is 0 Å². The van der Waals surface area contributed by atoms with Crippen molar-refractivity contribution >= 4 is 33.4 Å². The van der Waals surface area contributed by atoms with Gasteiger partial charge in [0.25, 0.3) is 11.5 Å². The summed E-state index contributed by atoms with van der Waals surface area (Å²) in [7, 11) is 0. The van der Waals surface area contributed by atoms with Crippen LogP contribution in [0.3, 0.4) is 0 Å². The first-order valence-corrected chi connectivity index (χ1v) is 9.18. The van der Waals surface area contributed by atoms with E-state index in [4.69, 9.17) is 0 Å². The molecule has 0 aliphatic carbocycles. The average molecular weight is 364 g/mol. The van der Waals surface area contributed by atoms with Crippen LogP contribution in [0.15, 0.2) is 11.1 Å². The van der Waals surface area contributed by atoms with Crippen molar-refractivity contribution in [1.29, 1.82) is 0 Å². The second kappa shape index (κ2) is 7.77. The topological polar surface area (TPSA) is 84.3 Å². The third-order valence-electron chi connectivity index (χ3n) is 3.97. The van der Waals surface area contributed by atoms with Gasteiger partial charge in [-0.05, 0) is 40.2 Å². The Hall–Kier alpha value is -2.22. The summed E-state index contributed by atoms with van der Waals surface area (Å²) in [5, 5.41) is 3.24. The van der Waals surface area contributed by atoms with Crippen LogP contribution in [0, 0.1) is 6.92 Å². The lowest BCUT2D eigenvalue weighted by molar-refractivity contribution is -0.131. The van der Waals surface area contributed by atoms with E-state index in [1.165, 1.54) is 22.2 Å². The third-order valence-corrected chi connectivity index (χ3v) is 5.16. The number of thiophene rings is 1. The van der Waals surface area contributed by atoms with Gasteiger partial charge < -0.3 is 10.2 Å². The Labute approximate surface area is 150 Å². The fraction of sp³-hybridized carbons (Fsp3) is 0.529. The quantitative estimate of drug-likeness (QED) is 0.847. The van der Waals surface area contributed by atoms with Crippen molar-refractivity contribution in [2.45, 2.75) is 47.2 Å². The molecule has 0 bridgehead atoms. The summed E-state index contributed by atoms with van der Waals surface area (Å²) in [6, 6.07) is 0.00780. The molecular formula is C17H24N4O3S. The van der Waals surface area contributed by atoms with E-state index in [0.717, 1.165) is 0 Å². The van der Waals surface area contributed by atoms with Crippen LogP contribution in [0.5, 0.6) is 0 Å². The molecule has 0 aliphatic heterocycles. The fourth-order valence-electron chi connectivity index (χ4n) is 2.64. The van der Waals surface area contributed by atoms with E-state index in [-0.39, 0.29) is 30.0 Å². The minimum Gasteiger partial charge on any atom is -0.349 e. The first kappa shape index (κ1) is 19.1. The molecule has 1 N–H and O–H groups in total. The van der Waals surface area contributed by atoms with Crippen LogP contribution in [0.4, 0.5) is 0 Å². The maximum Gasteiger partial charge on any atom is 0.262 e. The summed E-state index contributed by atoms with van der Waals surface area (Å²) < 4.78 is 1.31. The number of hydrogen-bond donors (Lipinski definition) is 1. The average Bonchev–Trinajstić information content (AvgIpc) is 2.88. The van der Waals surface area contributed by atoms with Gasteiger partial charge in [0.1, 0.15) is 11.4 Å². The number of likely N-dealkylation sites (N-methyl/N-ethyl adjacent to an activating group) is 1. The Bertz CT molecular complexity index is 849. The predicted octanol–water partition coefficient (Wildman–Crippen LogP) is 1.77. The van der Waals surface area contributed by atoms with Crippen molar-refractivity contribution in [3.05, 3.63) is 27.1 Å². The van der Waals surface area contributed by atoms with Gasteiger partial charge in [-0.1, -0.05) is 0 Å². The van der Waals surface area contributed by atoms with Gasteiger partial charge in [-0.3, -0.25) is 19.0 Å². The number of aromatic nitrogens is 2. The van der Waals surface area contributed by atoms with Gasteiger partial charge in [-0.15, -0.1) is 11.3 Å². The van der Waals surface area contributed by atoms with Crippen molar-refractivity contribution in [3.8, 4) is 0 Å². The number of fused-ring (bicyclic) bond motifs is 1. The molecule has 2 amide bonds. The number of carbonyl (C=O) groups excluding carboxylic acids is 2. The SMILES string of the molecule is CCN(CC)C(=O)Cn1cnc2sc(C(=O)NC(C)C)c(C)c2c1=O. The Morgan fingerprint density at radius 2 is 1.96 bits per heavy atom. The van der Waals surface area contributed by atoms with Crippen LogP contribution >= 0.6 is 11.3 Å². The van der Waals surface area contributed by atoms with Gasteiger partial charge in [-0.25, -0.2) is 4.98 Å². The summed E-state index contributed by atoms with van der Waals surface area (Å²) in [5.74, 6) is -0.334. The zero-order valence-electron chi connectivity index (χ0n) is 15.3. The molecule has 0 spiro atoms. The Morgan fingerprint density at radius 1 is 1.32 bits per heavy atom. The highest BCUT2D eigenvalue weighted by Gasteiger charge is 2.21. The van der Waals surface area contributed by atoms with Crippen molar-refractivity contribution in [2.24, 2.45) is 0 Å².